The molecular weight excluding hydrogens is 346 g/mol. The van der Waals surface area contributed by atoms with Gasteiger partial charge in [0, 0.05) is 31.0 Å². The molecule has 0 N–H and O–H groups in total. The minimum absolute atomic E-state index is 0.563. The monoisotopic (exact) mass is 369 g/mol. The summed E-state index contributed by atoms with van der Waals surface area (Å²) in [6.07, 6.45) is 7.73. The third-order valence-corrected chi connectivity index (χ3v) is 5.38. The van der Waals surface area contributed by atoms with Crippen LogP contribution in [0.1, 0.15) is 25.5 Å². The largest absolute Gasteiger partial charge is 0.467 e. The summed E-state index contributed by atoms with van der Waals surface area (Å²) in [5.41, 5.74) is 0.955. The number of hydrogen-bond donors (Lipinski definition) is 0. The van der Waals surface area contributed by atoms with E-state index in [1.54, 1.807) is 12.5 Å². The maximum Gasteiger partial charge on any atom is 0.199 e. The molecule has 6 nitrogen and oxygen atoms in total. The normalized spacial score (nSPS) is 16.2. The minimum Gasteiger partial charge on any atom is -0.467 e. The Bertz CT molecular complexity index is 892. The van der Waals surface area contributed by atoms with Crippen LogP contribution in [0.5, 0.6) is 0 Å². The lowest BCUT2D eigenvalue weighted by molar-refractivity contribution is 0.146. The Labute approximate surface area is 158 Å². The Kier molecular flexibility index (Phi) is 4.99. The molecule has 0 unspecified atom stereocenters. The van der Waals surface area contributed by atoms with Gasteiger partial charge in [0.05, 0.1) is 19.5 Å². The van der Waals surface area contributed by atoms with Gasteiger partial charge in [-0.25, -0.2) is 4.68 Å². The first-order valence-corrected chi connectivity index (χ1v) is 9.44. The third kappa shape index (κ3) is 3.64. The predicted octanol–water partition coefficient (Wildman–Crippen LogP) is 3.81. The highest BCUT2D eigenvalue weighted by Crippen LogP contribution is 2.21. The van der Waals surface area contributed by atoms with Gasteiger partial charge in [-0.3, -0.25) is 14.5 Å². The van der Waals surface area contributed by atoms with E-state index in [2.05, 4.69) is 16.8 Å². The highest BCUT2D eigenvalue weighted by Gasteiger charge is 2.19. The molecule has 0 spiro atoms. The van der Waals surface area contributed by atoms with Crippen molar-refractivity contribution in [2.24, 2.45) is 5.92 Å². The van der Waals surface area contributed by atoms with Crippen molar-refractivity contribution >= 4 is 12.2 Å². The van der Waals surface area contributed by atoms with Crippen LogP contribution < -0.4 is 0 Å². The van der Waals surface area contributed by atoms with Crippen LogP contribution in [0.4, 0.5) is 0 Å². The summed E-state index contributed by atoms with van der Waals surface area (Å²) in [4.78, 5) is 6.66. The van der Waals surface area contributed by atoms with E-state index in [1.165, 1.54) is 12.8 Å². The first-order chi connectivity index (χ1) is 12.7. The Hall–Kier alpha value is -2.25. The lowest BCUT2D eigenvalue weighted by atomic mass is 10.00. The van der Waals surface area contributed by atoms with Crippen LogP contribution in [0.25, 0.3) is 11.4 Å². The first kappa shape index (κ1) is 17.2. The van der Waals surface area contributed by atoms with Crippen molar-refractivity contribution < 1.29 is 4.42 Å². The van der Waals surface area contributed by atoms with E-state index in [0.717, 1.165) is 42.8 Å². The Morgan fingerprint density at radius 3 is 2.77 bits per heavy atom. The number of furan rings is 1. The number of piperidine rings is 1. The van der Waals surface area contributed by atoms with E-state index >= 15 is 0 Å². The smallest absolute Gasteiger partial charge is 0.199 e. The van der Waals surface area contributed by atoms with Gasteiger partial charge in [0.25, 0.3) is 0 Å². The fourth-order valence-electron chi connectivity index (χ4n) is 3.34. The van der Waals surface area contributed by atoms with Gasteiger partial charge in [0.15, 0.2) is 10.6 Å². The molecule has 136 valence electrons. The molecule has 0 radical (unpaired) electrons. The Balaban J connectivity index is 1.67. The van der Waals surface area contributed by atoms with Gasteiger partial charge in [-0.15, -0.1) is 0 Å². The molecule has 7 heteroatoms. The van der Waals surface area contributed by atoms with Gasteiger partial charge in [0.2, 0.25) is 0 Å². The first-order valence-electron chi connectivity index (χ1n) is 9.03. The number of aromatic nitrogens is 4. The molecule has 1 aliphatic rings. The molecule has 0 saturated carbocycles. The average molecular weight is 369 g/mol. The second kappa shape index (κ2) is 7.55. The van der Waals surface area contributed by atoms with Crippen molar-refractivity contribution in [3.63, 3.8) is 0 Å². The highest BCUT2D eigenvalue weighted by atomic mass is 32.1. The fourth-order valence-corrected chi connectivity index (χ4v) is 3.59. The molecule has 1 saturated heterocycles. The molecule has 0 amide bonds. The second-order valence-electron chi connectivity index (χ2n) is 6.95. The van der Waals surface area contributed by atoms with Crippen LogP contribution in [-0.4, -0.2) is 37.3 Å². The molecule has 0 aliphatic carbocycles. The molecule has 0 bridgehead atoms. The summed E-state index contributed by atoms with van der Waals surface area (Å²) in [5, 5.41) is 4.83. The van der Waals surface area contributed by atoms with E-state index in [1.807, 2.05) is 39.7 Å². The number of nitrogens with zero attached hydrogens (tertiary/aromatic N) is 5. The summed E-state index contributed by atoms with van der Waals surface area (Å²) in [7, 11) is 0. The topological polar surface area (TPSA) is 52.0 Å². The number of rotatable bonds is 5. The van der Waals surface area contributed by atoms with Gasteiger partial charge in [-0.2, -0.15) is 5.10 Å². The van der Waals surface area contributed by atoms with Gasteiger partial charge in [-0.1, -0.05) is 6.92 Å². The molecule has 0 aromatic carbocycles. The van der Waals surface area contributed by atoms with E-state index in [-0.39, 0.29) is 0 Å². The molecule has 26 heavy (non-hydrogen) atoms. The van der Waals surface area contributed by atoms with E-state index in [9.17, 15) is 0 Å². The van der Waals surface area contributed by atoms with E-state index in [0.29, 0.717) is 11.3 Å². The number of likely N-dealkylation sites (tertiary alicyclic amines) is 1. The average Bonchev–Trinajstić information content (AvgIpc) is 3.28. The molecular formula is C19H23N5OS. The molecule has 1 fully saturated rings. The molecule has 0 atom stereocenters. The summed E-state index contributed by atoms with van der Waals surface area (Å²) < 4.78 is 10.2. The van der Waals surface area contributed by atoms with Crippen molar-refractivity contribution in [3.05, 3.63) is 53.5 Å². The SMILES string of the molecule is CC1CCN(Cn2nc(-c3cccnc3)n(Cc3ccco3)c2=S)CC1. The van der Waals surface area contributed by atoms with Crippen LogP contribution in [0.15, 0.2) is 47.3 Å². The molecule has 4 heterocycles. The van der Waals surface area contributed by atoms with Gasteiger partial charge >= 0.3 is 0 Å². The zero-order chi connectivity index (χ0) is 17.9. The van der Waals surface area contributed by atoms with E-state index in [4.69, 9.17) is 21.7 Å². The van der Waals surface area contributed by atoms with Crippen molar-refractivity contribution in [3.8, 4) is 11.4 Å². The Morgan fingerprint density at radius 1 is 1.23 bits per heavy atom. The van der Waals surface area contributed by atoms with Crippen LogP contribution in [0.2, 0.25) is 0 Å². The number of hydrogen-bond acceptors (Lipinski definition) is 5. The lowest BCUT2D eigenvalue weighted by Gasteiger charge is -2.29. The van der Waals surface area contributed by atoms with Gasteiger partial charge < -0.3 is 4.42 Å². The van der Waals surface area contributed by atoms with Crippen molar-refractivity contribution in [2.75, 3.05) is 13.1 Å². The summed E-state index contributed by atoms with van der Waals surface area (Å²) in [6, 6.07) is 7.77. The van der Waals surface area contributed by atoms with Gasteiger partial charge in [-0.05, 0) is 55.2 Å². The summed E-state index contributed by atoms with van der Waals surface area (Å²) in [5.74, 6) is 2.49. The zero-order valence-electron chi connectivity index (χ0n) is 14.9. The minimum atomic E-state index is 0.563. The standard InChI is InChI=1S/C19H23N5OS/c1-15-6-9-22(10-7-15)14-24-19(26)23(13-17-5-3-11-25-17)18(21-24)16-4-2-8-20-12-16/h2-5,8,11-12,15H,6-7,9-10,13-14H2,1H3. The Morgan fingerprint density at radius 2 is 2.08 bits per heavy atom. The summed E-state index contributed by atoms with van der Waals surface area (Å²) in [6.45, 7) is 5.80. The van der Waals surface area contributed by atoms with Crippen molar-refractivity contribution in [2.45, 2.75) is 33.0 Å². The predicted molar refractivity (Wildman–Crippen MR) is 102 cm³/mol. The second-order valence-corrected chi connectivity index (χ2v) is 7.32. The fraction of sp³-hybridized carbons (Fsp3) is 0.421. The van der Waals surface area contributed by atoms with Gasteiger partial charge in [0.1, 0.15) is 5.76 Å². The van der Waals surface area contributed by atoms with Crippen LogP contribution in [0.3, 0.4) is 0 Å². The van der Waals surface area contributed by atoms with Crippen LogP contribution in [-0.2, 0) is 13.2 Å². The highest BCUT2D eigenvalue weighted by molar-refractivity contribution is 7.71. The summed E-state index contributed by atoms with van der Waals surface area (Å²) >= 11 is 5.75. The zero-order valence-corrected chi connectivity index (χ0v) is 15.7. The van der Waals surface area contributed by atoms with Crippen molar-refractivity contribution in [1.82, 2.24) is 24.2 Å². The molecule has 4 rings (SSSR count). The lowest BCUT2D eigenvalue weighted by Crippen LogP contribution is -2.34. The maximum absolute atomic E-state index is 5.75. The third-order valence-electron chi connectivity index (χ3n) is 4.95. The maximum atomic E-state index is 5.75. The quantitative estimate of drug-likeness (QED) is 0.640. The van der Waals surface area contributed by atoms with Crippen LogP contribution in [0, 0.1) is 10.7 Å². The van der Waals surface area contributed by atoms with Crippen LogP contribution >= 0.6 is 12.2 Å². The molecule has 3 aromatic rings. The van der Waals surface area contributed by atoms with Crippen molar-refractivity contribution in [1.29, 1.82) is 0 Å². The number of pyridine rings is 1. The molecule has 1 aliphatic heterocycles. The molecule has 3 aromatic heterocycles. The van der Waals surface area contributed by atoms with E-state index < -0.39 is 0 Å².